The molecule has 0 spiro atoms. The summed E-state index contributed by atoms with van der Waals surface area (Å²) in [6.07, 6.45) is 3.63. The van der Waals surface area contributed by atoms with Gasteiger partial charge in [0.1, 0.15) is 6.33 Å². The first-order chi connectivity index (χ1) is 5.34. The van der Waals surface area contributed by atoms with Crippen LogP contribution in [0.3, 0.4) is 0 Å². The van der Waals surface area contributed by atoms with Gasteiger partial charge in [0.2, 0.25) is 0 Å². The molecule has 0 bridgehead atoms. The third kappa shape index (κ3) is 2.25. The summed E-state index contributed by atoms with van der Waals surface area (Å²) < 4.78 is 0. The quantitative estimate of drug-likeness (QED) is 0.634. The summed E-state index contributed by atoms with van der Waals surface area (Å²) in [6.45, 7) is 0.0885. The van der Waals surface area contributed by atoms with E-state index in [1.807, 2.05) is 0 Å². The molecule has 0 saturated heterocycles. The van der Waals surface area contributed by atoms with Crippen molar-refractivity contribution in [2.75, 3.05) is 6.61 Å². The Morgan fingerprint density at radius 1 is 1.64 bits per heavy atom. The number of nitrogens with zero attached hydrogens (tertiary/aromatic N) is 2. The standard InChI is InChI=1S/C7H11N3O/c8-6(2-4-11)7-1-3-9-5-10-7/h1,3,5-6,11H,2,4,8H2. The number of aliphatic hydroxyl groups is 1. The number of hydrogen-bond donors (Lipinski definition) is 2. The summed E-state index contributed by atoms with van der Waals surface area (Å²) in [5.74, 6) is 0. The average molecular weight is 153 g/mol. The monoisotopic (exact) mass is 153 g/mol. The minimum Gasteiger partial charge on any atom is -0.396 e. The summed E-state index contributed by atoms with van der Waals surface area (Å²) in [5.41, 5.74) is 6.43. The highest BCUT2D eigenvalue weighted by Gasteiger charge is 2.04. The van der Waals surface area contributed by atoms with E-state index in [4.69, 9.17) is 10.8 Å². The Bertz CT molecular complexity index is 202. The van der Waals surface area contributed by atoms with Crippen LogP contribution in [-0.4, -0.2) is 21.7 Å². The topological polar surface area (TPSA) is 72.0 Å². The molecule has 0 aromatic carbocycles. The van der Waals surface area contributed by atoms with E-state index in [9.17, 15) is 0 Å². The molecule has 0 aliphatic carbocycles. The number of hydrogen-bond acceptors (Lipinski definition) is 4. The molecule has 0 amide bonds. The van der Waals surface area contributed by atoms with E-state index in [1.54, 1.807) is 12.3 Å². The van der Waals surface area contributed by atoms with Crippen molar-refractivity contribution in [1.82, 2.24) is 9.97 Å². The molecule has 0 saturated carbocycles. The third-order valence-electron chi connectivity index (χ3n) is 1.42. The van der Waals surface area contributed by atoms with Gasteiger partial charge in [-0.2, -0.15) is 0 Å². The molecular formula is C7H11N3O. The number of aliphatic hydroxyl groups excluding tert-OH is 1. The van der Waals surface area contributed by atoms with Crippen LogP contribution >= 0.6 is 0 Å². The van der Waals surface area contributed by atoms with Gasteiger partial charge in [-0.15, -0.1) is 0 Å². The van der Waals surface area contributed by atoms with Crippen molar-refractivity contribution in [1.29, 1.82) is 0 Å². The molecule has 1 atom stereocenters. The minimum atomic E-state index is -0.178. The second-order valence-corrected chi connectivity index (χ2v) is 2.25. The summed E-state index contributed by atoms with van der Waals surface area (Å²) in [6, 6.07) is 1.57. The highest BCUT2D eigenvalue weighted by atomic mass is 16.3. The van der Waals surface area contributed by atoms with E-state index in [-0.39, 0.29) is 12.6 Å². The van der Waals surface area contributed by atoms with Crippen molar-refractivity contribution >= 4 is 0 Å². The highest BCUT2D eigenvalue weighted by molar-refractivity contribution is 5.03. The van der Waals surface area contributed by atoms with E-state index < -0.39 is 0 Å². The smallest absolute Gasteiger partial charge is 0.115 e. The normalized spacial score (nSPS) is 12.9. The van der Waals surface area contributed by atoms with Crippen LogP contribution in [0.5, 0.6) is 0 Å². The fourth-order valence-corrected chi connectivity index (χ4v) is 0.807. The maximum Gasteiger partial charge on any atom is 0.115 e. The van der Waals surface area contributed by atoms with Crippen LogP contribution in [0.4, 0.5) is 0 Å². The van der Waals surface area contributed by atoms with Gasteiger partial charge in [-0.25, -0.2) is 9.97 Å². The second kappa shape index (κ2) is 4.00. The van der Waals surface area contributed by atoms with Crippen LogP contribution in [0.15, 0.2) is 18.6 Å². The first kappa shape index (κ1) is 8.10. The van der Waals surface area contributed by atoms with E-state index in [2.05, 4.69) is 9.97 Å². The summed E-state index contributed by atoms with van der Waals surface area (Å²) >= 11 is 0. The van der Waals surface area contributed by atoms with Gasteiger partial charge in [-0.05, 0) is 12.5 Å². The van der Waals surface area contributed by atoms with Crippen LogP contribution in [0.1, 0.15) is 18.2 Å². The molecule has 60 valence electrons. The highest BCUT2D eigenvalue weighted by Crippen LogP contribution is 2.07. The SMILES string of the molecule is NC(CCO)c1ccncn1. The van der Waals surface area contributed by atoms with Gasteiger partial charge in [0.05, 0.1) is 5.69 Å². The lowest BCUT2D eigenvalue weighted by Gasteiger charge is -2.07. The lowest BCUT2D eigenvalue weighted by atomic mass is 10.1. The van der Waals surface area contributed by atoms with Crippen LogP contribution in [0, 0.1) is 0 Å². The molecule has 1 aromatic rings. The minimum absolute atomic E-state index is 0.0885. The summed E-state index contributed by atoms with van der Waals surface area (Å²) in [7, 11) is 0. The van der Waals surface area contributed by atoms with Crippen molar-refractivity contribution < 1.29 is 5.11 Å². The zero-order valence-corrected chi connectivity index (χ0v) is 6.14. The molecule has 4 nitrogen and oxygen atoms in total. The fourth-order valence-electron chi connectivity index (χ4n) is 0.807. The van der Waals surface area contributed by atoms with Gasteiger partial charge in [0.25, 0.3) is 0 Å². The van der Waals surface area contributed by atoms with Crippen LogP contribution in [0.25, 0.3) is 0 Å². The van der Waals surface area contributed by atoms with Gasteiger partial charge in [-0.3, -0.25) is 0 Å². The Kier molecular flexibility index (Phi) is 2.95. The lowest BCUT2D eigenvalue weighted by Crippen LogP contribution is -2.13. The molecule has 4 heteroatoms. The zero-order chi connectivity index (χ0) is 8.10. The largest absolute Gasteiger partial charge is 0.396 e. The number of rotatable bonds is 3. The maximum atomic E-state index is 8.57. The Morgan fingerprint density at radius 3 is 3.00 bits per heavy atom. The lowest BCUT2D eigenvalue weighted by molar-refractivity contribution is 0.275. The van der Waals surface area contributed by atoms with Crippen LogP contribution in [0.2, 0.25) is 0 Å². The Labute approximate surface area is 65.1 Å². The Morgan fingerprint density at radius 2 is 2.45 bits per heavy atom. The predicted molar refractivity (Wildman–Crippen MR) is 40.7 cm³/mol. The second-order valence-electron chi connectivity index (χ2n) is 2.25. The van der Waals surface area contributed by atoms with Gasteiger partial charge in [-0.1, -0.05) is 0 Å². The molecule has 1 heterocycles. The molecule has 0 radical (unpaired) electrons. The van der Waals surface area contributed by atoms with Gasteiger partial charge in [0.15, 0.2) is 0 Å². The van der Waals surface area contributed by atoms with Crippen molar-refractivity contribution in [3.63, 3.8) is 0 Å². The van der Waals surface area contributed by atoms with Gasteiger partial charge < -0.3 is 10.8 Å². The fraction of sp³-hybridized carbons (Fsp3) is 0.429. The van der Waals surface area contributed by atoms with E-state index in [1.165, 1.54) is 6.33 Å². The molecule has 0 fully saturated rings. The zero-order valence-electron chi connectivity index (χ0n) is 6.14. The molecule has 11 heavy (non-hydrogen) atoms. The van der Waals surface area contributed by atoms with Crippen molar-refractivity contribution in [3.05, 3.63) is 24.3 Å². The van der Waals surface area contributed by atoms with E-state index in [0.717, 1.165) is 5.69 Å². The molecule has 1 aromatic heterocycles. The molecular weight excluding hydrogens is 142 g/mol. The number of aromatic nitrogens is 2. The summed E-state index contributed by atoms with van der Waals surface area (Å²) in [4.78, 5) is 7.71. The first-order valence-electron chi connectivity index (χ1n) is 3.47. The Hall–Kier alpha value is -1.00. The third-order valence-corrected chi connectivity index (χ3v) is 1.42. The maximum absolute atomic E-state index is 8.57. The van der Waals surface area contributed by atoms with Gasteiger partial charge in [0, 0.05) is 18.8 Å². The van der Waals surface area contributed by atoms with Crippen molar-refractivity contribution in [2.24, 2.45) is 5.73 Å². The molecule has 1 unspecified atom stereocenters. The molecule has 0 aliphatic heterocycles. The molecule has 0 aliphatic rings. The summed E-state index contributed by atoms with van der Waals surface area (Å²) in [5, 5.41) is 8.57. The Balaban J connectivity index is 2.61. The average Bonchev–Trinajstić information content (AvgIpc) is 2.07. The van der Waals surface area contributed by atoms with Crippen LogP contribution in [-0.2, 0) is 0 Å². The molecule has 3 N–H and O–H groups in total. The van der Waals surface area contributed by atoms with Crippen LogP contribution < -0.4 is 5.73 Å². The van der Waals surface area contributed by atoms with Crippen molar-refractivity contribution in [2.45, 2.75) is 12.5 Å². The predicted octanol–water partition coefficient (Wildman–Crippen LogP) is -0.141. The van der Waals surface area contributed by atoms with Gasteiger partial charge >= 0.3 is 0 Å². The van der Waals surface area contributed by atoms with E-state index in [0.29, 0.717) is 6.42 Å². The van der Waals surface area contributed by atoms with E-state index >= 15 is 0 Å². The number of nitrogens with two attached hydrogens (primary N) is 1. The first-order valence-corrected chi connectivity index (χ1v) is 3.47. The van der Waals surface area contributed by atoms with Crippen molar-refractivity contribution in [3.8, 4) is 0 Å². The molecule has 1 rings (SSSR count).